The summed E-state index contributed by atoms with van der Waals surface area (Å²) >= 11 is 0. The number of hydrogen-bond acceptors (Lipinski definition) is 6. The predicted molar refractivity (Wildman–Crippen MR) is 125 cm³/mol. The fraction of sp³-hybridized carbons (Fsp3) is 0.320. The first-order chi connectivity index (χ1) is 15.7. The van der Waals surface area contributed by atoms with E-state index in [1.54, 1.807) is 0 Å². The number of hydrogen-bond donors (Lipinski definition) is 2. The molecule has 166 valence electrons. The molecule has 0 saturated carbocycles. The molecular formula is C25H29N4O3+. The quantitative estimate of drug-likeness (QED) is 0.182. The average Bonchev–Trinajstić information content (AvgIpc) is 2.81. The molecule has 0 unspecified atom stereocenters. The number of ether oxygens (including phenoxy) is 1. The molecule has 2 aromatic carbocycles. The third-order valence-corrected chi connectivity index (χ3v) is 5.25. The summed E-state index contributed by atoms with van der Waals surface area (Å²) in [5.74, 6) is 0.547. The largest absolute Gasteiger partial charge is 0.466 e. The molecule has 32 heavy (non-hydrogen) atoms. The maximum absolute atomic E-state index is 11.5. The minimum absolute atomic E-state index is 0.165. The van der Waals surface area contributed by atoms with Crippen molar-refractivity contribution in [2.75, 3.05) is 31.6 Å². The molecule has 0 fully saturated rings. The van der Waals surface area contributed by atoms with Gasteiger partial charge in [0.15, 0.2) is 11.3 Å². The fourth-order valence-electron chi connectivity index (χ4n) is 3.69. The van der Waals surface area contributed by atoms with Gasteiger partial charge in [-0.05, 0) is 25.5 Å². The van der Waals surface area contributed by atoms with Crippen molar-refractivity contribution in [3.8, 4) is 11.5 Å². The number of benzene rings is 3. The number of aromatic nitrogens is 1. The highest BCUT2D eigenvalue weighted by atomic mass is 16.5. The Morgan fingerprint density at radius 2 is 2.00 bits per heavy atom. The van der Waals surface area contributed by atoms with Crippen molar-refractivity contribution in [2.24, 2.45) is 4.99 Å². The van der Waals surface area contributed by atoms with Crippen molar-refractivity contribution >= 4 is 33.5 Å². The summed E-state index contributed by atoms with van der Waals surface area (Å²) in [6, 6.07) is 16.0. The van der Waals surface area contributed by atoms with Gasteiger partial charge in [0, 0.05) is 54.5 Å². The van der Waals surface area contributed by atoms with E-state index in [1.165, 1.54) is 0 Å². The molecule has 0 radical (unpaired) electrons. The maximum atomic E-state index is 11.5. The Kier molecular flexibility index (Phi) is 6.97. The van der Waals surface area contributed by atoms with Gasteiger partial charge in [0.1, 0.15) is 11.2 Å². The number of nitrogens with one attached hydrogen (secondary N) is 1. The zero-order valence-corrected chi connectivity index (χ0v) is 18.4. The van der Waals surface area contributed by atoms with Crippen molar-refractivity contribution in [1.29, 1.82) is 0 Å². The summed E-state index contributed by atoms with van der Waals surface area (Å²) in [6.45, 7) is 4.50. The van der Waals surface area contributed by atoms with Crippen LogP contribution in [0.3, 0.4) is 0 Å². The van der Waals surface area contributed by atoms with Crippen LogP contribution in [0.1, 0.15) is 26.2 Å². The number of carbonyl (C=O) groups is 1. The summed E-state index contributed by atoms with van der Waals surface area (Å²) in [7, 11) is 0. The summed E-state index contributed by atoms with van der Waals surface area (Å²) in [6.07, 6.45) is 2.05. The van der Waals surface area contributed by atoms with Gasteiger partial charge in [-0.2, -0.15) is 0 Å². The van der Waals surface area contributed by atoms with Gasteiger partial charge in [-0.3, -0.25) is 9.79 Å². The van der Waals surface area contributed by atoms with Crippen molar-refractivity contribution < 1.29 is 19.7 Å². The van der Waals surface area contributed by atoms with Crippen molar-refractivity contribution in [1.82, 2.24) is 4.98 Å². The van der Waals surface area contributed by atoms with Gasteiger partial charge in [0.05, 0.1) is 18.5 Å². The molecule has 4 N–H and O–H groups in total. The maximum Gasteiger partial charge on any atom is 0.305 e. The normalized spacial score (nSPS) is 12.0. The van der Waals surface area contributed by atoms with Crippen molar-refractivity contribution in [3.63, 3.8) is 0 Å². The fourth-order valence-corrected chi connectivity index (χ4v) is 3.69. The number of carbonyl (C=O) groups excluding carboxylic acids is 1. The van der Waals surface area contributed by atoms with Crippen LogP contribution < -0.4 is 16.4 Å². The Balaban J connectivity index is 1.65. The number of esters is 1. The molecule has 2 aromatic rings. The Morgan fingerprint density at radius 3 is 2.81 bits per heavy atom. The molecule has 7 nitrogen and oxygen atoms in total. The minimum Gasteiger partial charge on any atom is -0.466 e. The van der Waals surface area contributed by atoms with E-state index in [2.05, 4.69) is 23.2 Å². The summed E-state index contributed by atoms with van der Waals surface area (Å²) in [4.78, 5) is 21.1. The first kappa shape index (κ1) is 21.8. The topological polar surface area (TPSA) is 104 Å². The first-order valence-electron chi connectivity index (χ1n) is 11.1. The van der Waals surface area contributed by atoms with E-state index in [1.807, 2.05) is 43.3 Å². The van der Waals surface area contributed by atoms with Crippen molar-refractivity contribution in [2.45, 2.75) is 26.2 Å². The van der Waals surface area contributed by atoms with E-state index >= 15 is 0 Å². The molecule has 0 amide bonds. The second kappa shape index (κ2) is 10.2. The van der Waals surface area contributed by atoms with Crippen LogP contribution >= 0.6 is 0 Å². The second-order valence-corrected chi connectivity index (χ2v) is 7.61. The number of rotatable bonds is 9. The van der Waals surface area contributed by atoms with E-state index < -0.39 is 0 Å². The highest BCUT2D eigenvalue weighted by molar-refractivity contribution is 5.96. The highest BCUT2D eigenvalue weighted by Gasteiger charge is 2.15. The van der Waals surface area contributed by atoms with Gasteiger partial charge in [-0.1, -0.05) is 24.3 Å². The molecule has 7 heteroatoms. The van der Waals surface area contributed by atoms with Gasteiger partial charge in [0.2, 0.25) is 0 Å². The Morgan fingerprint density at radius 1 is 1.16 bits per heavy atom. The predicted octanol–water partition coefficient (Wildman–Crippen LogP) is 3.37. The molecule has 1 aliphatic heterocycles. The minimum atomic E-state index is -0.165. The van der Waals surface area contributed by atoms with E-state index in [-0.39, 0.29) is 5.97 Å². The lowest BCUT2D eigenvalue weighted by molar-refractivity contribution is -0.367. The third kappa shape index (κ3) is 4.89. The van der Waals surface area contributed by atoms with Gasteiger partial charge in [-0.25, -0.2) is 4.98 Å². The van der Waals surface area contributed by atoms with Crippen LogP contribution in [0, 0.1) is 0 Å². The second-order valence-electron chi connectivity index (χ2n) is 7.61. The van der Waals surface area contributed by atoms with Crippen LogP contribution in [0.4, 0.5) is 5.69 Å². The van der Waals surface area contributed by atoms with Gasteiger partial charge in [0.25, 0.3) is 0 Å². The van der Waals surface area contributed by atoms with Crippen LogP contribution in [0.25, 0.3) is 33.3 Å². The zero-order valence-electron chi connectivity index (χ0n) is 18.4. The summed E-state index contributed by atoms with van der Waals surface area (Å²) in [5.41, 5.74) is 7.15. The molecule has 0 saturated heterocycles. The van der Waals surface area contributed by atoms with Crippen LogP contribution in [-0.2, 0) is 9.53 Å². The Hall–Kier alpha value is -3.45. The molecule has 0 atom stereocenters. The van der Waals surface area contributed by atoms with Crippen LogP contribution in [-0.4, -0.2) is 37.2 Å². The van der Waals surface area contributed by atoms with Gasteiger partial charge < -0.3 is 20.2 Å². The Labute approximate surface area is 186 Å². The zero-order chi connectivity index (χ0) is 22.3. The number of fused-ring (bicyclic) bond motifs is 4. The standard InChI is InChI=1S/C25H28N4O3/c1-2-31-24(30)9-5-13-27-17-10-11-20-22(15-17)32-23-16-21(28-14-6-12-26)18-7-3-4-8-19(18)25(23)29-20/h3-4,7-8,10-11,15-16,27H,2,5-6,9,12-14,26H2,1H3/p+1. The van der Waals surface area contributed by atoms with E-state index in [9.17, 15) is 4.79 Å². The van der Waals surface area contributed by atoms with Crippen LogP contribution in [0.5, 0.6) is 0 Å². The molecule has 2 aliphatic rings. The molecule has 0 bridgehead atoms. The van der Waals surface area contributed by atoms with E-state index in [4.69, 9.17) is 19.1 Å². The monoisotopic (exact) mass is 433 g/mol. The molecule has 4 rings (SSSR count). The smallest absolute Gasteiger partial charge is 0.305 e. The van der Waals surface area contributed by atoms with Gasteiger partial charge in [-0.15, -0.1) is 0 Å². The molecule has 0 spiro atoms. The molecule has 0 aromatic heterocycles. The summed E-state index contributed by atoms with van der Waals surface area (Å²) < 4.78 is 11.2. The number of quaternary nitrogens is 1. The molecule has 1 heterocycles. The SMILES string of the molecule is CCOC(=O)CCCNc1ccc2nc3c4ccccc4c(=NCCC[NH3+])cc-3oc2c1. The van der Waals surface area contributed by atoms with Crippen LogP contribution in [0.2, 0.25) is 0 Å². The Bertz CT molecular complexity index is 1270. The summed E-state index contributed by atoms with van der Waals surface area (Å²) in [5, 5.41) is 6.36. The van der Waals surface area contributed by atoms with Crippen molar-refractivity contribution in [3.05, 3.63) is 53.9 Å². The van der Waals surface area contributed by atoms with E-state index in [0.717, 1.165) is 52.5 Å². The van der Waals surface area contributed by atoms with Gasteiger partial charge >= 0.3 is 5.97 Å². The number of anilines is 1. The van der Waals surface area contributed by atoms with Crippen LogP contribution in [0.15, 0.2) is 57.9 Å². The lowest BCUT2D eigenvalue weighted by Crippen LogP contribution is -2.50. The van der Waals surface area contributed by atoms with E-state index in [0.29, 0.717) is 37.3 Å². The first-order valence-corrected chi connectivity index (χ1v) is 11.1. The lowest BCUT2D eigenvalue weighted by Gasteiger charge is -2.12. The third-order valence-electron chi connectivity index (χ3n) is 5.25. The molecule has 1 aliphatic carbocycles. The average molecular weight is 434 g/mol. The number of nitrogens with zero attached hydrogens (tertiary/aromatic N) is 2. The lowest BCUT2D eigenvalue weighted by atomic mass is 10.0. The highest BCUT2D eigenvalue weighted by Crippen LogP contribution is 2.31. The molecular weight excluding hydrogens is 404 g/mol.